The predicted molar refractivity (Wildman–Crippen MR) is 140 cm³/mol. The van der Waals surface area contributed by atoms with Crippen LogP contribution in [-0.2, 0) is 9.49 Å². The van der Waals surface area contributed by atoms with Gasteiger partial charge in [0.2, 0.25) is 0 Å². The Morgan fingerprint density at radius 3 is 2.59 bits per heavy atom. The molecular formula is C27H43BClNO2. The van der Waals surface area contributed by atoms with Crippen molar-refractivity contribution in [2.75, 3.05) is 13.2 Å². The highest BCUT2D eigenvalue weighted by molar-refractivity contribution is 6.58. The maximum Gasteiger partial charge on any atom is 0.389 e. The van der Waals surface area contributed by atoms with Crippen molar-refractivity contribution in [1.29, 1.82) is 0 Å². The lowest BCUT2D eigenvalue weighted by Gasteiger charge is -2.28. The number of hydrogen-bond acceptors (Lipinski definition) is 3. The molecule has 0 heterocycles. The minimum Gasteiger partial charge on any atom is -0.505 e. The predicted octanol–water partition coefficient (Wildman–Crippen LogP) is 8.04. The topological polar surface area (TPSA) is 30.5 Å². The Hall–Kier alpha value is -1.23. The van der Waals surface area contributed by atoms with E-state index in [-0.39, 0.29) is 6.92 Å². The van der Waals surface area contributed by atoms with Gasteiger partial charge in [0.1, 0.15) is 0 Å². The van der Waals surface area contributed by atoms with Crippen molar-refractivity contribution in [1.82, 2.24) is 5.48 Å². The summed E-state index contributed by atoms with van der Waals surface area (Å²) >= 11 is 6.24. The molecule has 1 aromatic carbocycles. The first-order chi connectivity index (χ1) is 15.5. The molecule has 1 N–H and O–H groups in total. The van der Waals surface area contributed by atoms with Crippen LogP contribution in [0, 0.1) is 18.8 Å². The van der Waals surface area contributed by atoms with Gasteiger partial charge in [-0.05, 0) is 73.7 Å². The van der Waals surface area contributed by atoms with Gasteiger partial charge < -0.3 is 9.49 Å². The molecule has 0 aromatic heterocycles. The number of nitrogens with one attached hydrogen (secondary N) is 1. The molecule has 5 heteroatoms. The molecule has 0 bridgehead atoms. The van der Waals surface area contributed by atoms with Crippen LogP contribution in [0.4, 0.5) is 0 Å². The van der Waals surface area contributed by atoms with Crippen molar-refractivity contribution in [2.24, 2.45) is 11.8 Å². The second-order valence-electron chi connectivity index (χ2n) is 9.20. The maximum absolute atomic E-state index is 6.24. The lowest BCUT2D eigenvalue weighted by molar-refractivity contribution is 0.122. The fourth-order valence-corrected chi connectivity index (χ4v) is 4.74. The van der Waals surface area contributed by atoms with Gasteiger partial charge in [-0.3, -0.25) is 0 Å². The van der Waals surface area contributed by atoms with E-state index in [9.17, 15) is 0 Å². The van der Waals surface area contributed by atoms with Crippen LogP contribution in [0.5, 0.6) is 0 Å². The van der Waals surface area contributed by atoms with E-state index in [0.29, 0.717) is 5.92 Å². The highest BCUT2D eigenvalue weighted by Gasteiger charge is 2.23. The van der Waals surface area contributed by atoms with E-state index in [4.69, 9.17) is 21.1 Å². The quantitative estimate of drug-likeness (QED) is 0.140. The number of benzene rings is 1. The highest BCUT2D eigenvalue weighted by atomic mass is 35.5. The Labute approximate surface area is 202 Å². The van der Waals surface area contributed by atoms with Crippen molar-refractivity contribution >= 4 is 24.1 Å². The number of ether oxygens (including phenoxy) is 1. The molecule has 0 amide bonds. The first-order valence-corrected chi connectivity index (χ1v) is 13.0. The minimum atomic E-state index is -0.111. The lowest BCUT2D eigenvalue weighted by atomic mass is 9.68. The second-order valence-corrected chi connectivity index (χ2v) is 9.64. The molecule has 1 aliphatic carbocycles. The van der Waals surface area contributed by atoms with Crippen LogP contribution in [0.25, 0.3) is 5.57 Å². The molecule has 1 fully saturated rings. The van der Waals surface area contributed by atoms with Crippen LogP contribution >= 0.6 is 11.6 Å². The van der Waals surface area contributed by atoms with Crippen LogP contribution in [0.2, 0.25) is 11.8 Å². The molecule has 178 valence electrons. The molecule has 0 saturated heterocycles. The van der Waals surface area contributed by atoms with Gasteiger partial charge in [0.15, 0.2) is 0 Å². The van der Waals surface area contributed by atoms with Crippen LogP contribution in [0.1, 0.15) is 83.3 Å². The first-order valence-electron chi connectivity index (χ1n) is 12.6. The smallest absolute Gasteiger partial charge is 0.389 e. The summed E-state index contributed by atoms with van der Waals surface area (Å²) in [7, 11) is 0. The first kappa shape index (κ1) is 27.0. The van der Waals surface area contributed by atoms with E-state index in [0.717, 1.165) is 49.0 Å². The van der Waals surface area contributed by atoms with Gasteiger partial charge in [-0.1, -0.05) is 82.7 Å². The van der Waals surface area contributed by atoms with E-state index < -0.39 is 0 Å². The molecule has 1 aromatic rings. The van der Waals surface area contributed by atoms with E-state index >= 15 is 0 Å². The van der Waals surface area contributed by atoms with Crippen molar-refractivity contribution in [3.63, 3.8) is 0 Å². The van der Waals surface area contributed by atoms with E-state index in [1.807, 2.05) is 6.07 Å². The zero-order valence-electron chi connectivity index (χ0n) is 20.9. The van der Waals surface area contributed by atoms with Crippen molar-refractivity contribution in [2.45, 2.75) is 85.9 Å². The van der Waals surface area contributed by atoms with Gasteiger partial charge >= 0.3 is 6.92 Å². The maximum atomic E-state index is 6.24. The summed E-state index contributed by atoms with van der Waals surface area (Å²) in [6, 6.07) is 6.09. The monoisotopic (exact) mass is 459 g/mol. The molecule has 3 nitrogen and oxygen atoms in total. The fourth-order valence-electron chi connectivity index (χ4n) is 4.57. The highest BCUT2D eigenvalue weighted by Crippen LogP contribution is 2.30. The minimum absolute atomic E-state index is 0.111. The van der Waals surface area contributed by atoms with Gasteiger partial charge in [0.25, 0.3) is 0 Å². The molecule has 0 spiro atoms. The standard InChI is InChI=1S/C27H43BClNO2/c1-6-11-24(26-19-25(29)16-15-21(26)3)17-18-30-32-28(5)27(12-7-2)31-20-22(4)23-13-9-8-10-14-23/h11-12,15-16,19,22-23,30H,6-10,13-14,17-18,20H2,1-5H3/b24-11-,27-12+. The number of allylic oxidation sites excluding steroid dienone is 2. The van der Waals surface area contributed by atoms with Crippen molar-refractivity contribution in [3.8, 4) is 0 Å². The second kappa shape index (κ2) is 14.8. The Morgan fingerprint density at radius 1 is 1.19 bits per heavy atom. The molecular weight excluding hydrogens is 417 g/mol. The Kier molecular flexibility index (Phi) is 12.5. The van der Waals surface area contributed by atoms with Crippen LogP contribution in [-0.4, -0.2) is 20.1 Å². The Balaban J connectivity index is 1.83. The van der Waals surface area contributed by atoms with Crippen LogP contribution < -0.4 is 5.48 Å². The fraction of sp³-hybridized carbons (Fsp3) is 0.630. The lowest BCUT2D eigenvalue weighted by Crippen LogP contribution is -2.30. The summed E-state index contributed by atoms with van der Waals surface area (Å²) in [5.41, 5.74) is 7.89. The third kappa shape index (κ3) is 8.96. The zero-order chi connectivity index (χ0) is 23.3. The molecule has 1 unspecified atom stereocenters. The van der Waals surface area contributed by atoms with Gasteiger partial charge in [-0.15, -0.1) is 0 Å². The number of rotatable bonds is 13. The largest absolute Gasteiger partial charge is 0.505 e. The summed E-state index contributed by atoms with van der Waals surface area (Å²) in [4.78, 5) is 0. The number of hydroxylamine groups is 1. The SMILES string of the molecule is CC/C=C(/CCNOB(C)/C(=C\CC)OCC(C)C1CCCCC1)c1cc(Cl)ccc1C. The van der Waals surface area contributed by atoms with Gasteiger partial charge in [-0.25, -0.2) is 5.48 Å². The van der Waals surface area contributed by atoms with Gasteiger partial charge in [-0.2, -0.15) is 0 Å². The number of hydrogen-bond donors (Lipinski definition) is 1. The number of aryl methyl sites for hydroxylation is 1. The Bertz CT molecular complexity index is 743. The van der Waals surface area contributed by atoms with Crippen molar-refractivity contribution in [3.05, 3.63) is 52.2 Å². The summed E-state index contributed by atoms with van der Waals surface area (Å²) in [6.45, 7) is 12.2. The van der Waals surface area contributed by atoms with Crippen LogP contribution in [0.15, 0.2) is 36.0 Å². The van der Waals surface area contributed by atoms with Gasteiger partial charge in [0.05, 0.1) is 12.3 Å². The molecule has 0 aliphatic heterocycles. The molecule has 1 saturated carbocycles. The Morgan fingerprint density at radius 2 is 1.91 bits per heavy atom. The zero-order valence-corrected chi connectivity index (χ0v) is 21.6. The van der Waals surface area contributed by atoms with E-state index in [1.54, 1.807) is 0 Å². The van der Waals surface area contributed by atoms with Gasteiger partial charge in [0, 0.05) is 11.6 Å². The molecule has 1 atom stereocenters. The third-order valence-corrected chi connectivity index (χ3v) is 6.76. The summed E-state index contributed by atoms with van der Waals surface area (Å²) in [5, 5.41) is 0.777. The molecule has 0 radical (unpaired) electrons. The number of halogens is 1. The molecule has 32 heavy (non-hydrogen) atoms. The molecule has 2 rings (SSSR count). The van der Waals surface area contributed by atoms with Crippen LogP contribution in [0.3, 0.4) is 0 Å². The summed E-state index contributed by atoms with van der Waals surface area (Å²) < 4.78 is 12.2. The third-order valence-electron chi connectivity index (χ3n) is 6.53. The average molecular weight is 460 g/mol. The normalized spacial score (nSPS) is 16.8. The van der Waals surface area contributed by atoms with E-state index in [2.05, 4.69) is 64.3 Å². The van der Waals surface area contributed by atoms with Crippen molar-refractivity contribution < 1.29 is 9.49 Å². The molecule has 1 aliphatic rings. The average Bonchev–Trinajstić information content (AvgIpc) is 2.80. The summed E-state index contributed by atoms with van der Waals surface area (Å²) in [5.74, 6) is 1.40. The summed E-state index contributed by atoms with van der Waals surface area (Å²) in [6.07, 6.45) is 14.1. The van der Waals surface area contributed by atoms with E-state index in [1.165, 1.54) is 48.8 Å².